The van der Waals surface area contributed by atoms with Gasteiger partial charge >= 0.3 is 0 Å². The van der Waals surface area contributed by atoms with Gasteiger partial charge in [-0.1, -0.05) is 6.07 Å². The van der Waals surface area contributed by atoms with Gasteiger partial charge in [0.15, 0.2) is 0 Å². The van der Waals surface area contributed by atoms with E-state index in [0.717, 1.165) is 23.9 Å². The summed E-state index contributed by atoms with van der Waals surface area (Å²) in [5.74, 6) is 0. The molecule has 78 valence electrons. The highest BCUT2D eigenvalue weighted by Crippen LogP contribution is 2.36. The van der Waals surface area contributed by atoms with Gasteiger partial charge in [0.2, 0.25) is 0 Å². The highest BCUT2D eigenvalue weighted by atomic mass is 15.2. The molecule has 0 saturated carbocycles. The topological polar surface area (TPSA) is 41.6 Å². The summed E-state index contributed by atoms with van der Waals surface area (Å²) >= 11 is 0. The van der Waals surface area contributed by atoms with Crippen LogP contribution in [0.2, 0.25) is 0 Å². The molecule has 3 heteroatoms. The lowest BCUT2D eigenvalue weighted by atomic mass is 10.0. The summed E-state index contributed by atoms with van der Waals surface area (Å²) < 4.78 is 1.83. The molecule has 1 aliphatic carbocycles. The van der Waals surface area contributed by atoms with Gasteiger partial charge in [-0.05, 0) is 35.6 Å². The molecule has 3 rings (SSSR count). The minimum absolute atomic E-state index is 0.969. The fourth-order valence-corrected chi connectivity index (χ4v) is 2.46. The Bertz CT molecular complexity index is 641. The van der Waals surface area contributed by atoms with Crippen LogP contribution in [-0.2, 0) is 13.5 Å². The first-order valence-corrected chi connectivity index (χ1v) is 5.34. The summed E-state index contributed by atoms with van der Waals surface area (Å²) in [5.41, 5.74) is 4.72. The number of aromatic nitrogens is 2. The quantitative estimate of drug-likeness (QED) is 0.625. The van der Waals surface area contributed by atoms with Crippen LogP contribution >= 0.6 is 0 Å². The molecule has 0 N–H and O–H groups in total. The molecule has 16 heavy (non-hydrogen) atoms. The maximum atomic E-state index is 8.78. The number of hydrogen-bond donors (Lipinski definition) is 0. The lowest BCUT2D eigenvalue weighted by molar-refractivity contribution is 0.779. The summed E-state index contributed by atoms with van der Waals surface area (Å²) in [6, 6.07) is 6.32. The third-order valence-electron chi connectivity index (χ3n) is 3.11. The fraction of sp³-hybridized carbons (Fsp3) is 0.231. The number of aryl methyl sites for hydroxylation is 2. The van der Waals surface area contributed by atoms with Crippen LogP contribution in [0.5, 0.6) is 0 Å². The smallest absolute Gasteiger partial charge is 0.0929 e. The van der Waals surface area contributed by atoms with E-state index >= 15 is 0 Å². The van der Waals surface area contributed by atoms with Gasteiger partial charge in [-0.3, -0.25) is 4.68 Å². The third-order valence-corrected chi connectivity index (χ3v) is 3.11. The lowest BCUT2D eigenvalue weighted by Gasteiger charge is -2.00. The van der Waals surface area contributed by atoms with E-state index in [4.69, 9.17) is 5.26 Å². The van der Waals surface area contributed by atoms with Crippen molar-refractivity contribution in [2.45, 2.75) is 12.8 Å². The molecule has 0 radical (unpaired) electrons. The monoisotopic (exact) mass is 209 g/mol. The molecule has 0 saturated heterocycles. The summed E-state index contributed by atoms with van der Waals surface area (Å²) in [7, 11) is 1.93. The van der Waals surface area contributed by atoms with Gasteiger partial charge in [-0.25, -0.2) is 0 Å². The standard InChI is InChI=1S/C13H11N3/c1-16-8-11-12(15-16)5-4-9-2-3-10(6-7-14)13(9)11/h4-6,8H,2-3H2,1H3/b10-6+. The van der Waals surface area contributed by atoms with Crippen LogP contribution in [0.25, 0.3) is 16.5 Å². The van der Waals surface area contributed by atoms with Gasteiger partial charge in [0.1, 0.15) is 0 Å². The number of hydrogen-bond acceptors (Lipinski definition) is 2. The number of nitrogens with zero attached hydrogens (tertiary/aromatic N) is 3. The van der Waals surface area contributed by atoms with E-state index in [-0.39, 0.29) is 0 Å². The molecular weight excluding hydrogens is 198 g/mol. The van der Waals surface area contributed by atoms with Gasteiger partial charge in [0.05, 0.1) is 11.6 Å². The number of benzene rings is 1. The Morgan fingerprint density at radius 3 is 3.12 bits per heavy atom. The molecule has 0 amide bonds. The van der Waals surface area contributed by atoms with Crippen LogP contribution in [0.1, 0.15) is 17.5 Å². The number of allylic oxidation sites excluding steroid dienone is 2. The Hall–Kier alpha value is -2.08. The van der Waals surface area contributed by atoms with Crippen molar-refractivity contribution in [1.82, 2.24) is 9.78 Å². The van der Waals surface area contributed by atoms with Crippen LogP contribution in [0.3, 0.4) is 0 Å². The van der Waals surface area contributed by atoms with Crippen LogP contribution < -0.4 is 0 Å². The van der Waals surface area contributed by atoms with Gasteiger partial charge in [0.25, 0.3) is 0 Å². The number of rotatable bonds is 0. The third kappa shape index (κ3) is 1.17. The zero-order valence-corrected chi connectivity index (χ0v) is 9.07. The largest absolute Gasteiger partial charge is 0.275 e. The Morgan fingerprint density at radius 2 is 2.31 bits per heavy atom. The second-order valence-electron chi connectivity index (χ2n) is 4.13. The highest BCUT2D eigenvalue weighted by Gasteiger charge is 2.19. The lowest BCUT2D eigenvalue weighted by Crippen LogP contribution is -1.84. The van der Waals surface area contributed by atoms with Crippen molar-refractivity contribution in [3.05, 3.63) is 35.5 Å². The van der Waals surface area contributed by atoms with Crippen molar-refractivity contribution >= 4 is 16.5 Å². The van der Waals surface area contributed by atoms with Crippen molar-refractivity contribution in [1.29, 1.82) is 5.26 Å². The van der Waals surface area contributed by atoms with Gasteiger partial charge in [-0.2, -0.15) is 10.4 Å². The van der Waals surface area contributed by atoms with E-state index in [1.807, 2.05) is 17.9 Å². The zero-order valence-electron chi connectivity index (χ0n) is 9.07. The normalized spacial score (nSPS) is 16.6. The Labute approximate surface area is 93.6 Å². The van der Waals surface area contributed by atoms with E-state index in [1.165, 1.54) is 16.5 Å². The summed E-state index contributed by atoms with van der Waals surface area (Å²) in [4.78, 5) is 0. The molecule has 3 nitrogen and oxygen atoms in total. The maximum Gasteiger partial charge on any atom is 0.0929 e. The minimum atomic E-state index is 0.969. The van der Waals surface area contributed by atoms with E-state index in [1.54, 1.807) is 6.08 Å². The van der Waals surface area contributed by atoms with Crippen LogP contribution in [0.4, 0.5) is 0 Å². The molecule has 0 unspecified atom stereocenters. The average Bonchev–Trinajstić information content (AvgIpc) is 2.81. The Morgan fingerprint density at radius 1 is 1.44 bits per heavy atom. The molecule has 2 aromatic rings. The van der Waals surface area contributed by atoms with Crippen molar-refractivity contribution in [3.63, 3.8) is 0 Å². The summed E-state index contributed by atoms with van der Waals surface area (Å²) in [6.45, 7) is 0. The molecule has 1 aliphatic rings. The molecule has 1 aromatic heterocycles. The second kappa shape index (κ2) is 3.21. The molecule has 0 aliphatic heterocycles. The minimum Gasteiger partial charge on any atom is -0.275 e. The zero-order chi connectivity index (χ0) is 11.1. The number of nitriles is 1. The van der Waals surface area contributed by atoms with Gasteiger partial charge < -0.3 is 0 Å². The molecular formula is C13H11N3. The highest BCUT2D eigenvalue weighted by molar-refractivity contribution is 5.95. The van der Waals surface area contributed by atoms with Crippen molar-refractivity contribution in [2.24, 2.45) is 7.05 Å². The molecule has 1 aromatic carbocycles. The Kier molecular flexibility index (Phi) is 1.84. The average molecular weight is 209 g/mol. The van der Waals surface area contributed by atoms with Gasteiger partial charge in [-0.15, -0.1) is 0 Å². The summed E-state index contributed by atoms with van der Waals surface area (Å²) in [6.07, 6.45) is 5.70. The van der Waals surface area contributed by atoms with E-state index in [2.05, 4.69) is 23.3 Å². The predicted molar refractivity (Wildman–Crippen MR) is 62.6 cm³/mol. The molecule has 0 fully saturated rings. The van der Waals surface area contributed by atoms with Crippen molar-refractivity contribution < 1.29 is 0 Å². The molecule has 0 bridgehead atoms. The van der Waals surface area contributed by atoms with Crippen LogP contribution in [-0.4, -0.2) is 9.78 Å². The van der Waals surface area contributed by atoms with E-state index in [9.17, 15) is 0 Å². The second-order valence-corrected chi connectivity index (χ2v) is 4.13. The van der Waals surface area contributed by atoms with Crippen molar-refractivity contribution in [3.8, 4) is 6.07 Å². The van der Waals surface area contributed by atoms with Gasteiger partial charge in [0, 0.05) is 24.7 Å². The maximum absolute atomic E-state index is 8.78. The molecule has 1 heterocycles. The Balaban J connectivity index is 2.37. The van der Waals surface area contributed by atoms with Crippen LogP contribution in [0.15, 0.2) is 24.4 Å². The fourth-order valence-electron chi connectivity index (χ4n) is 2.46. The number of fused-ring (bicyclic) bond motifs is 3. The summed E-state index contributed by atoms with van der Waals surface area (Å²) in [5, 5.41) is 14.3. The first kappa shape index (κ1) is 9.17. The predicted octanol–water partition coefficient (Wildman–Crippen LogP) is 2.43. The first-order chi connectivity index (χ1) is 7.79. The SMILES string of the molecule is Cn1cc2c3c(ccc2n1)CC/C3=C\C#N. The molecule has 0 atom stereocenters. The molecule has 0 spiro atoms. The van der Waals surface area contributed by atoms with Crippen molar-refractivity contribution in [2.75, 3.05) is 0 Å². The van der Waals surface area contributed by atoms with Crippen LogP contribution in [0, 0.1) is 11.3 Å². The van der Waals surface area contributed by atoms with E-state index in [0.29, 0.717) is 0 Å². The first-order valence-electron chi connectivity index (χ1n) is 5.34. The van der Waals surface area contributed by atoms with E-state index < -0.39 is 0 Å².